The summed E-state index contributed by atoms with van der Waals surface area (Å²) in [5.74, 6) is 3.08. The molecule has 2 rings (SSSR count). The SMILES string of the molecule is CCCCCCC(CCCC)CCC1CC2(CCN(CC(CCCC)CCCCCC)CC2)C1. The van der Waals surface area contributed by atoms with E-state index in [2.05, 4.69) is 32.6 Å². The molecule has 202 valence electrons. The van der Waals surface area contributed by atoms with Crippen LogP contribution in [0.15, 0.2) is 0 Å². The number of likely N-dealkylation sites (tertiary alicyclic amines) is 1. The van der Waals surface area contributed by atoms with Crippen molar-refractivity contribution in [3.8, 4) is 0 Å². The van der Waals surface area contributed by atoms with E-state index in [1.807, 2.05) is 0 Å². The van der Waals surface area contributed by atoms with Crippen LogP contribution >= 0.6 is 0 Å². The Morgan fingerprint density at radius 3 is 1.65 bits per heavy atom. The van der Waals surface area contributed by atoms with Crippen LogP contribution in [0.2, 0.25) is 0 Å². The zero-order valence-electron chi connectivity index (χ0n) is 24.4. The highest BCUT2D eigenvalue weighted by molar-refractivity contribution is 4.97. The van der Waals surface area contributed by atoms with Gasteiger partial charge < -0.3 is 4.90 Å². The molecule has 1 nitrogen and oxygen atoms in total. The average molecular weight is 476 g/mol. The second-order valence-corrected chi connectivity index (χ2v) is 12.9. The Morgan fingerprint density at radius 1 is 0.588 bits per heavy atom. The van der Waals surface area contributed by atoms with E-state index < -0.39 is 0 Å². The van der Waals surface area contributed by atoms with Gasteiger partial charge in [0.2, 0.25) is 0 Å². The van der Waals surface area contributed by atoms with Gasteiger partial charge in [-0.1, -0.05) is 130 Å². The minimum Gasteiger partial charge on any atom is -0.303 e. The topological polar surface area (TPSA) is 3.24 Å². The molecule has 1 spiro atoms. The van der Waals surface area contributed by atoms with Crippen molar-refractivity contribution in [3.05, 3.63) is 0 Å². The van der Waals surface area contributed by atoms with Gasteiger partial charge in [0.05, 0.1) is 0 Å². The molecule has 1 aliphatic heterocycles. The van der Waals surface area contributed by atoms with Gasteiger partial charge in [-0.2, -0.15) is 0 Å². The molecule has 2 aliphatic rings. The average Bonchev–Trinajstić information content (AvgIpc) is 2.83. The highest BCUT2D eigenvalue weighted by atomic mass is 15.1. The first-order chi connectivity index (χ1) is 16.6. The third-order valence-corrected chi connectivity index (χ3v) is 9.72. The summed E-state index contributed by atoms with van der Waals surface area (Å²) in [5.41, 5.74) is 0.765. The van der Waals surface area contributed by atoms with E-state index in [0.29, 0.717) is 0 Å². The summed E-state index contributed by atoms with van der Waals surface area (Å²) < 4.78 is 0. The maximum absolute atomic E-state index is 2.87. The molecule has 1 heterocycles. The van der Waals surface area contributed by atoms with Gasteiger partial charge >= 0.3 is 0 Å². The first-order valence-corrected chi connectivity index (χ1v) is 16.4. The summed E-state index contributed by atoms with van der Waals surface area (Å²) in [6.07, 6.45) is 32.4. The monoisotopic (exact) mass is 476 g/mol. The lowest BCUT2D eigenvalue weighted by molar-refractivity contribution is -0.0221. The fraction of sp³-hybridized carbons (Fsp3) is 1.00. The maximum Gasteiger partial charge on any atom is 0.000966 e. The van der Waals surface area contributed by atoms with E-state index in [1.165, 1.54) is 142 Å². The summed E-state index contributed by atoms with van der Waals surface area (Å²) in [7, 11) is 0. The molecule has 2 unspecified atom stereocenters. The van der Waals surface area contributed by atoms with Crippen LogP contribution in [-0.2, 0) is 0 Å². The molecule has 1 saturated heterocycles. The third kappa shape index (κ3) is 11.8. The van der Waals surface area contributed by atoms with E-state index in [9.17, 15) is 0 Å². The van der Waals surface area contributed by atoms with Gasteiger partial charge in [-0.3, -0.25) is 0 Å². The number of rotatable bonds is 21. The van der Waals surface area contributed by atoms with Crippen molar-refractivity contribution >= 4 is 0 Å². The Morgan fingerprint density at radius 2 is 1.09 bits per heavy atom. The van der Waals surface area contributed by atoms with Gasteiger partial charge in [0.1, 0.15) is 0 Å². The lowest BCUT2D eigenvalue weighted by atomic mass is 9.56. The first-order valence-electron chi connectivity index (χ1n) is 16.4. The van der Waals surface area contributed by atoms with Crippen LogP contribution in [0, 0.1) is 23.2 Å². The Balaban J connectivity index is 1.64. The van der Waals surface area contributed by atoms with Crippen LogP contribution in [0.4, 0.5) is 0 Å². The van der Waals surface area contributed by atoms with Crippen molar-refractivity contribution in [2.45, 2.75) is 169 Å². The van der Waals surface area contributed by atoms with E-state index in [1.54, 1.807) is 19.3 Å². The second-order valence-electron chi connectivity index (χ2n) is 12.9. The van der Waals surface area contributed by atoms with E-state index in [4.69, 9.17) is 0 Å². The Kier molecular flexibility index (Phi) is 16.2. The predicted molar refractivity (Wildman–Crippen MR) is 154 cm³/mol. The van der Waals surface area contributed by atoms with Crippen LogP contribution in [0.1, 0.15) is 169 Å². The highest BCUT2D eigenvalue weighted by Crippen LogP contribution is 2.54. The molecular formula is C33H65N. The van der Waals surface area contributed by atoms with Gasteiger partial charge in [-0.05, 0) is 74.8 Å². The molecule has 1 heteroatoms. The fourth-order valence-corrected chi connectivity index (χ4v) is 7.29. The minimum atomic E-state index is 0.765. The van der Waals surface area contributed by atoms with Crippen molar-refractivity contribution in [3.63, 3.8) is 0 Å². The largest absolute Gasteiger partial charge is 0.303 e. The van der Waals surface area contributed by atoms with Gasteiger partial charge in [0, 0.05) is 6.54 Å². The first kappa shape index (κ1) is 30.2. The number of unbranched alkanes of at least 4 members (excludes halogenated alkanes) is 8. The van der Waals surface area contributed by atoms with Gasteiger partial charge in [-0.15, -0.1) is 0 Å². The van der Waals surface area contributed by atoms with Crippen LogP contribution in [-0.4, -0.2) is 24.5 Å². The summed E-state index contributed by atoms with van der Waals surface area (Å²) in [4.78, 5) is 2.87. The third-order valence-electron chi connectivity index (χ3n) is 9.72. The molecule has 2 fully saturated rings. The predicted octanol–water partition coefficient (Wildman–Crippen LogP) is 10.8. The lowest BCUT2D eigenvalue weighted by Crippen LogP contribution is -2.48. The summed E-state index contributed by atoms with van der Waals surface area (Å²) >= 11 is 0. The number of nitrogens with zero attached hydrogens (tertiary/aromatic N) is 1. The second kappa shape index (κ2) is 18.2. The van der Waals surface area contributed by atoms with Crippen LogP contribution < -0.4 is 0 Å². The smallest absolute Gasteiger partial charge is 0.000966 e. The Bertz CT molecular complexity index is 448. The molecule has 0 N–H and O–H groups in total. The zero-order chi connectivity index (χ0) is 24.5. The molecule has 0 bridgehead atoms. The van der Waals surface area contributed by atoms with Gasteiger partial charge in [-0.25, -0.2) is 0 Å². The van der Waals surface area contributed by atoms with Gasteiger partial charge in [0.25, 0.3) is 0 Å². The summed E-state index contributed by atoms with van der Waals surface area (Å²) in [6, 6.07) is 0. The number of hydrogen-bond acceptors (Lipinski definition) is 1. The number of piperidine rings is 1. The molecule has 1 saturated carbocycles. The number of hydrogen-bond donors (Lipinski definition) is 0. The zero-order valence-corrected chi connectivity index (χ0v) is 24.4. The van der Waals surface area contributed by atoms with Crippen LogP contribution in [0.25, 0.3) is 0 Å². The molecular weight excluding hydrogens is 410 g/mol. The fourth-order valence-electron chi connectivity index (χ4n) is 7.29. The van der Waals surface area contributed by atoms with Crippen molar-refractivity contribution < 1.29 is 0 Å². The van der Waals surface area contributed by atoms with E-state index >= 15 is 0 Å². The highest BCUT2D eigenvalue weighted by Gasteiger charge is 2.45. The van der Waals surface area contributed by atoms with Crippen molar-refractivity contribution in [1.29, 1.82) is 0 Å². The molecule has 0 amide bonds. The van der Waals surface area contributed by atoms with Crippen LogP contribution in [0.5, 0.6) is 0 Å². The van der Waals surface area contributed by atoms with E-state index in [-0.39, 0.29) is 0 Å². The normalized spacial score (nSPS) is 20.5. The lowest BCUT2D eigenvalue weighted by Gasteiger charge is -2.53. The Labute approximate surface area is 216 Å². The van der Waals surface area contributed by atoms with E-state index in [0.717, 1.165) is 23.2 Å². The summed E-state index contributed by atoms with van der Waals surface area (Å²) in [5, 5.41) is 0. The van der Waals surface area contributed by atoms with Crippen molar-refractivity contribution in [2.24, 2.45) is 23.2 Å². The van der Waals surface area contributed by atoms with Crippen molar-refractivity contribution in [2.75, 3.05) is 19.6 Å². The molecule has 1 aliphatic carbocycles. The molecule has 0 aromatic heterocycles. The summed E-state index contributed by atoms with van der Waals surface area (Å²) in [6.45, 7) is 13.6. The van der Waals surface area contributed by atoms with Crippen molar-refractivity contribution in [1.82, 2.24) is 4.90 Å². The quantitative estimate of drug-likeness (QED) is 0.149. The standard InChI is InChI=1S/C33H65N/c1-5-9-13-15-19-30(17-11-7-3)21-22-32-27-33(28-32)23-25-34(26-24-33)29-31(18-12-8-4)20-16-14-10-6-2/h30-32H,5-29H2,1-4H3. The van der Waals surface area contributed by atoms with Crippen LogP contribution in [0.3, 0.4) is 0 Å². The molecule has 34 heavy (non-hydrogen) atoms. The Hall–Kier alpha value is -0.0400. The molecule has 0 radical (unpaired) electrons. The molecule has 2 atom stereocenters. The minimum absolute atomic E-state index is 0.765. The van der Waals surface area contributed by atoms with Gasteiger partial charge in [0.15, 0.2) is 0 Å². The molecule has 0 aromatic carbocycles. The maximum atomic E-state index is 2.87. The molecule has 0 aromatic rings.